The van der Waals surface area contributed by atoms with Crippen LogP contribution in [0.25, 0.3) is 0 Å². The van der Waals surface area contributed by atoms with Crippen LogP contribution in [-0.4, -0.2) is 41.6 Å². The summed E-state index contributed by atoms with van der Waals surface area (Å²) in [6.07, 6.45) is 0.256. The average molecular weight is 298 g/mol. The van der Waals surface area contributed by atoms with E-state index in [0.717, 1.165) is 18.1 Å². The molecular formula is C13H22N4O2S. The summed E-state index contributed by atoms with van der Waals surface area (Å²) in [4.78, 5) is 14.4. The van der Waals surface area contributed by atoms with Crippen molar-refractivity contribution in [3.63, 3.8) is 0 Å². The van der Waals surface area contributed by atoms with Crippen molar-refractivity contribution in [3.05, 3.63) is 5.56 Å². The number of carbonyl (C=O) groups excluding carboxylic acids is 1. The smallest absolute Gasteiger partial charge is 0.258 e. The number of carbonyl (C=O) groups is 1. The van der Waals surface area contributed by atoms with Gasteiger partial charge in [0.1, 0.15) is 10.6 Å². The van der Waals surface area contributed by atoms with Crippen LogP contribution in [-0.2, 0) is 4.74 Å². The van der Waals surface area contributed by atoms with E-state index in [0.29, 0.717) is 11.4 Å². The molecule has 1 aromatic rings. The molecule has 1 amide bonds. The van der Waals surface area contributed by atoms with E-state index in [2.05, 4.69) is 14.6 Å². The standard InChI is InChI=1S/C13H22N4O2S/c1-7(2)15-12(18)10-11(14)16-20-13(10)17-5-8(3)19-9(4)6-17/h7-9H,5-6H2,1-4H3,(H2,14,16)(H,15,18). The number of anilines is 2. The molecule has 1 aliphatic heterocycles. The van der Waals surface area contributed by atoms with Crippen LogP contribution < -0.4 is 16.0 Å². The van der Waals surface area contributed by atoms with Gasteiger partial charge < -0.3 is 20.7 Å². The maximum absolute atomic E-state index is 12.3. The van der Waals surface area contributed by atoms with Gasteiger partial charge in [-0.15, -0.1) is 0 Å². The van der Waals surface area contributed by atoms with E-state index in [9.17, 15) is 4.79 Å². The van der Waals surface area contributed by atoms with Crippen LogP contribution in [0.4, 0.5) is 10.8 Å². The number of nitrogens with one attached hydrogen (secondary N) is 1. The lowest BCUT2D eigenvalue weighted by Gasteiger charge is -2.36. The molecule has 0 saturated carbocycles. The Morgan fingerprint density at radius 2 is 2.05 bits per heavy atom. The Morgan fingerprint density at radius 3 is 2.60 bits per heavy atom. The van der Waals surface area contributed by atoms with E-state index >= 15 is 0 Å². The van der Waals surface area contributed by atoms with Crippen LogP contribution >= 0.6 is 11.5 Å². The third-order valence-corrected chi connectivity index (χ3v) is 3.98. The Balaban J connectivity index is 2.26. The van der Waals surface area contributed by atoms with Crippen molar-refractivity contribution in [1.82, 2.24) is 9.69 Å². The van der Waals surface area contributed by atoms with E-state index in [1.165, 1.54) is 11.5 Å². The van der Waals surface area contributed by atoms with Crippen molar-refractivity contribution in [2.45, 2.75) is 45.9 Å². The Bertz CT molecular complexity index is 479. The molecule has 1 aliphatic rings. The van der Waals surface area contributed by atoms with Gasteiger partial charge in [-0.2, -0.15) is 4.37 Å². The lowest BCUT2D eigenvalue weighted by atomic mass is 10.2. The molecule has 2 rings (SSSR count). The average Bonchev–Trinajstić information content (AvgIpc) is 2.68. The molecule has 2 unspecified atom stereocenters. The van der Waals surface area contributed by atoms with Gasteiger partial charge in [-0.1, -0.05) is 0 Å². The van der Waals surface area contributed by atoms with Crippen molar-refractivity contribution in [3.8, 4) is 0 Å². The van der Waals surface area contributed by atoms with Crippen LogP contribution in [0.15, 0.2) is 0 Å². The molecule has 6 nitrogen and oxygen atoms in total. The van der Waals surface area contributed by atoms with Gasteiger partial charge in [0.15, 0.2) is 5.82 Å². The quantitative estimate of drug-likeness (QED) is 0.883. The number of nitrogens with two attached hydrogens (primary N) is 1. The molecule has 20 heavy (non-hydrogen) atoms. The fraction of sp³-hybridized carbons (Fsp3) is 0.692. The van der Waals surface area contributed by atoms with Crippen molar-refractivity contribution < 1.29 is 9.53 Å². The number of aromatic nitrogens is 1. The van der Waals surface area contributed by atoms with Crippen molar-refractivity contribution in [2.75, 3.05) is 23.7 Å². The van der Waals surface area contributed by atoms with Crippen molar-refractivity contribution >= 4 is 28.3 Å². The summed E-state index contributed by atoms with van der Waals surface area (Å²) in [6.45, 7) is 9.39. The monoisotopic (exact) mass is 298 g/mol. The molecule has 3 N–H and O–H groups in total. The number of nitrogen functional groups attached to an aromatic ring is 1. The highest BCUT2D eigenvalue weighted by Gasteiger charge is 2.29. The molecule has 1 fully saturated rings. The molecule has 2 heterocycles. The maximum atomic E-state index is 12.3. The number of hydrogen-bond acceptors (Lipinski definition) is 6. The Hall–Kier alpha value is -1.34. The first kappa shape index (κ1) is 15.1. The highest BCUT2D eigenvalue weighted by atomic mass is 32.1. The number of ether oxygens (including phenoxy) is 1. The topological polar surface area (TPSA) is 80.5 Å². The SMILES string of the molecule is CC(C)NC(=O)c1c(N)nsc1N1CC(C)OC(C)C1. The number of nitrogens with zero attached hydrogens (tertiary/aromatic N) is 2. The predicted molar refractivity (Wildman–Crippen MR) is 81.4 cm³/mol. The zero-order chi connectivity index (χ0) is 14.9. The number of morpholine rings is 1. The molecule has 0 bridgehead atoms. The summed E-state index contributed by atoms with van der Waals surface area (Å²) in [5, 5.41) is 3.71. The van der Waals surface area contributed by atoms with Gasteiger partial charge in [0, 0.05) is 19.1 Å². The first-order valence-corrected chi connectivity index (χ1v) is 7.62. The fourth-order valence-corrected chi connectivity index (χ4v) is 3.23. The summed E-state index contributed by atoms with van der Waals surface area (Å²) in [5.74, 6) is 0.142. The molecule has 0 aromatic carbocycles. The molecule has 0 aliphatic carbocycles. The van der Waals surface area contributed by atoms with Crippen molar-refractivity contribution in [1.29, 1.82) is 0 Å². The molecule has 0 spiro atoms. The van der Waals surface area contributed by atoms with Gasteiger partial charge in [0.25, 0.3) is 5.91 Å². The first-order chi connectivity index (χ1) is 9.38. The van der Waals surface area contributed by atoms with E-state index in [4.69, 9.17) is 10.5 Å². The molecular weight excluding hydrogens is 276 g/mol. The van der Waals surface area contributed by atoms with Gasteiger partial charge in [0.05, 0.1) is 12.2 Å². The maximum Gasteiger partial charge on any atom is 0.258 e. The third kappa shape index (κ3) is 3.21. The molecule has 1 aromatic heterocycles. The lowest BCUT2D eigenvalue weighted by Crippen LogP contribution is -2.46. The third-order valence-electron chi connectivity index (χ3n) is 3.05. The number of rotatable bonds is 3. The minimum atomic E-state index is -0.159. The van der Waals surface area contributed by atoms with Gasteiger partial charge in [-0.05, 0) is 39.2 Å². The summed E-state index contributed by atoms with van der Waals surface area (Å²) in [6, 6.07) is 0.0668. The second-order valence-electron chi connectivity index (χ2n) is 5.54. The van der Waals surface area contributed by atoms with E-state index in [1.54, 1.807) is 0 Å². The van der Waals surface area contributed by atoms with E-state index in [-0.39, 0.29) is 24.2 Å². The lowest BCUT2D eigenvalue weighted by molar-refractivity contribution is -0.00506. The van der Waals surface area contributed by atoms with Gasteiger partial charge in [-0.25, -0.2) is 0 Å². The van der Waals surface area contributed by atoms with Crippen LogP contribution in [0, 0.1) is 0 Å². The molecule has 112 valence electrons. The van der Waals surface area contributed by atoms with E-state index in [1.807, 2.05) is 27.7 Å². The van der Waals surface area contributed by atoms with Crippen LogP contribution in [0.1, 0.15) is 38.1 Å². The van der Waals surface area contributed by atoms with Gasteiger partial charge >= 0.3 is 0 Å². The number of amides is 1. The molecule has 0 radical (unpaired) electrons. The van der Waals surface area contributed by atoms with E-state index < -0.39 is 0 Å². The zero-order valence-electron chi connectivity index (χ0n) is 12.3. The van der Waals surface area contributed by atoms with Crippen LogP contribution in [0.2, 0.25) is 0 Å². The predicted octanol–water partition coefficient (Wildman–Crippen LogP) is 1.48. The first-order valence-electron chi connectivity index (χ1n) is 6.85. The summed E-state index contributed by atoms with van der Waals surface area (Å²) < 4.78 is 9.87. The second-order valence-corrected chi connectivity index (χ2v) is 6.29. The normalized spacial score (nSPS) is 23.1. The highest BCUT2D eigenvalue weighted by molar-refractivity contribution is 7.11. The molecule has 1 saturated heterocycles. The van der Waals surface area contributed by atoms with Gasteiger partial charge in [0.2, 0.25) is 0 Å². The summed E-state index contributed by atoms with van der Waals surface area (Å²) >= 11 is 1.28. The van der Waals surface area contributed by atoms with Crippen LogP contribution in [0.5, 0.6) is 0 Å². The molecule has 7 heteroatoms. The minimum absolute atomic E-state index is 0.0668. The van der Waals surface area contributed by atoms with Gasteiger partial charge in [-0.3, -0.25) is 4.79 Å². The fourth-order valence-electron chi connectivity index (χ4n) is 2.40. The number of hydrogen-bond donors (Lipinski definition) is 2. The Labute approximate surface area is 123 Å². The Morgan fingerprint density at radius 1 is 1.45 bits per heavy atom. The summed E-state index contributed by atoms with van der Waals surface area (Å²) in [5.41, 5.74) is 6.37. The van der Waals surface area contributed by atoms with Crippen LogP contribution in [0.3, 0.4) is 0 Å². The minimum Gasteiger partial charge on any atom is -0.382 e. The van der Waals surface area contributed by atoms with Crippen molar-refractivity contribution in [2.24, 2.45) is 0 Å². The largest absolute Gasteiger partial charge is 0.382 e. The zero-order valence-corrected chi connectivity index (χ0v) is 13.2. The Kier molecular flexibility index (Phi) is 4.49. The highest BCUT2D eigenvalue weighted by Crippen LogP contribution is 2.32. The summed E-state index contributed by atoms with van der Waals surface area (Å²) in [7, 11) is 0. The second kappa shape index (κ2) is 5.97. The molecule has 2 atom stereocenters.